The molecule has 0 amide bonds. The number of hydrogen-bond acceptors (Lipinski definition) is 2. The third-order valence-corrected chi connectivity index (χ3v) is 3.23. The monoisotopic (exact) mass is 230 g/mol. The molecule has 0 unspecified atom stereocenters. The first-order chi connectivity index (χ1) is 8.31. The summed E-state index contributed by atoms with van der Waals surface area (Å²) in [6.45, 7) is 0. The lowest BCUT2D eigenvalue weighted by atomic mass is 9.94. The van der Waals surface area contributed by atoms with E-state index in [0.717, 1.165) is 31.2 Å². The van der Waals surface area contributed by atoms with Crippen molar-refractivity contribution in [1.82, 2.24) is 0 Å². The van der Waals surface area contributed by atoms with E-state index in [4.69, 9.17) is 11.2 Å². The molecule has 1 aliphatic rings. The van der Waals surface area contributed by atoms with Crippen LogP contribution in [0.5, 0.6) is 0 Å². The molecule has 1 fully saturated rings. The molecule has 2 heteroatoms. The highest BCUT2D eigenvalue weighted by Gasteiger charge is 2.26. The average Bonchev–Trinajstić information content (AvgIpc) is 2.39. The molecule has 0 spiro atoms. The van der Waals surface area contributed by atoms with E-state index in [1.165, 1.54) is 0 Å². The van der Waals surface area contributed by atoms with Crippen molar-refractivity contribution in [3.63, 3.8) is 0 Å². The van der Waals surface area contributed by atoms with Crippen LogP contribution in [0.25, 0.3) is 0 Å². The van der Waals surface area contributed by atoms with Crippen molar-refractivity contribution >= 4 is 0 Å². The Morgan fingerprint density at radius 3 is 2.59 bits per heavy atom. The average molecular weight is 230 g/mol. The molecule has 0 aromatic heterocycles. The van der Waals surface area contributed by atoms with Gasteiger partial charge in [0.25, 0.3) is 0 Å². The van der Waals surface area contributed by atoms with Gasteiger partial charge < -0.3 is 9.84 Å². The van der Waals surface area contributed by atoms with Gasteiger partial charge in [0.1, 0.15) is 6.10 Å². The number of benzene rings is 1. The minimum absolute atomic E-state index is 0.120. The topological polar surface area (TPSA) is 29.5 Å². The summed E-state index contributed by atoms with van der Waals surface area (Å²) in [5.74, 6) is 2.65. The molecule has 0 heterocycles. The van der Waals surface area contributed by atoms with E-state index in [0.29, 0.717) is 0 Å². The first kappa shape index (κ1) is 12.2. The summed E-state index contributed by atoms with van der Waals surface area (Å²) in [6.07, 6.45) is 8.56. The van der Waals surface area contributed by atoms with Crippen molar-refractivity contribution in [3.8, 4) is 12.3 Å². The molecule has 0 aliphatic heterocycles. The van der Waals surface area contributed by atoms with Crippen molar-refractivity contribution in [2.75, 3.05) is 0 Å². The molecule has 2 nitrogen and oxygen atoms in total. The van der Waals surface area contributed by atoms with Gasteiger partial charge in [-0.15, -0.1) is 6.42 Å². The van der Waals surface area contributed by atoms with Gasteiger partial charge in [-0.3, -0.25) is 0 Å². The second-order valence-corrected chi connectivity index (χ2v) is 4.48. The van der Waals surface area contributed by atoms with E-state index in [-0.39, 0.29) is 18.3 Å². The Hall–Kier alpha value is -1.30. The van der Waals surface area contributed by atoms with Crippen LogP contribution in [0.15, 0.2) is 30.3 Å². The lowest BCUT2D eigenvalue weighted by Crippen LogP contribution is -2.33. The lowest BCUT2D eigenvalue weighted by Gasteiger charge is -2.29. The zero-order valence-electron chi connectivity index (χ0n) is 9.88. The van der Waals surface area contributed by atoms with Crippen LogP contribution in [-0.2, 0) is 4.74 Å². The van der Waals surface area contributed by atoms with Crippen molar-refractivity contribution in [2.45, 2.75) is 44.0 Å². The van der Waals surface area contributed by atoms with Crippen molar-refractivity contribution < 1.29 is 9.84 Å². The summed E-state index contributed by atoms with van der Waals surface area (Å²) in [7, 11) is 0. The van der Waals surface area contributed by atoms with Gasteiger partial charge in [-0.1, -0.05) is 49.1 Å². The molecule has 0 radical (unpaired) electrons. The van der Waals surface area contributed by atoms with Crippen LogP contribution in [0, 0.1) is 12.3 Å². The van der Waals surface area contributed by atoms with E-state index in [2.05, 4.69) is 5.92 Å². The fourth-order valence-corrected chi connectivity index (χ4v) is 2.25. The molecule has 1 aromatic carbocycles. The zero-order valence-corrected chi connectivity index (χ0v) is 9.88. The molecule has 1 saturated carbocycles. The first-order valence-corrected chi connectivity index (χ1v) is 6.16. The highest BCUT2D eigenvalue weighted by atomic mass is 16.5. The number of aliphatic hydroxyl groups excluding tert-OH is 1. The van der Waals surface area contributed by atoms with Gasteiger partial charge in [0.15, 0.2) is 0 Å². The van der Waals surface area contributed by atoms with Crippen molar-refractivity contribution in [3.05, 3.63) is 35.9 Å². The van der Waals surface area contributed by atoms with Crippen molar-refractivity contribution in [2.24, 2.45) is 0 Å². The van der Waals surface area contributed by atoms with Crippen LogP contribution in [0.3, 0.4) is 0 Å². The maximum absolute atomic E-state index is 9.87. The number of rotatable bonds is 3. The predicted molar refractivity (Wildman–Crippen MR) is 67.4 cm³/mol. The van der Waals surface area contributed by atoms with Gasteiger partial charge in [0.2, 0.25) is 0 Å². The summed E-state index contributed by atoms with van der Waals surface area (Å²) in [5.41, 5.74) is 0.979. The minimum Gasteiger partial charge on any atom is -0.390 e. The number of aliphatic hydroxyl groups is 1. The van der Waals surface area contributed by atoms with Crippen molar-refractivity contribution in [1.29, 1.82) is 0 Å². The molecule has 0 bridgehead atoms. The van der Waals surface area contributed by atoms with Crippen LogP contribution in [0.4, 0.5) is 0 Å². The summed E-state index contributed by atoms with van der Waals surface area (Å²) >= 11 is 0. The maximum Gasteiger partial charge on any atom is 0.143 e. The quantitative estimate of drug-likeness (QED) is 0.809. The van der Waals surface area contributed by atoms with Crippen LogP contribution in [-0.4, -0.2) is 17.3 Å². The second-order valence-electron chi connectivity index (χ2n) is 4.48. The minimum atomic E-state index is -0.372. The SMILES string of the molecule is C#C[C@@H](O[C@H]1CCCC[C@H]1O)c1ccccc1. The fourth-order valence-electron chi connectivity index (χ4n) is 2.25. The number of ether oxygens (including phenoxy) is 1. The zero-order chi connectivity index (χ0) is 12.1. The first-order valence-electron chi connectivity index (χ1n) is 6.16. The Labute approximate surface area is 103 Å². The van der Waals surface area contributed by atoms with E-state index < -0.39 is 0 Å². The van der Waals surface area contributed by atoms with Gasteiger partial charge in [-0.2, -0.15) is 0 Å². The molecule has 3 atom stereocenters. The van der Waals surface area contributed by atoms with Crippen LogP contribution < -0.4 is 0 Å². The van der Waals surface area contributed by atoms with Crippen LogP contribution >= 0.6 is 0 Å². The fraction of sp³-hybridized carbons (Fsp3) is 0.467. The Kier molecular flexibility index (Phi) is 4.19. The summed E-state index contributed by atoms with van der Waals surface area (Å²) in [4.78, 5) is 0. The summed E-state index contributed by atoms with van der Waals surface area (Å²) in [6, 6.07) is 9.76. The van der Waals surface area contributed by atoms with E-state index >= 15 is 0 Å². The Morgan fingerprint density at radius 1 is 1.24 bits per heavy atom. The van der Waals surface area contributed by atoms with Gasteiger partial charge in [-0.25, -0.2) is 0 Å². The molecular formula is C15H18O2. The highest BCUT2D eigenvalue weighted by Crippen LogP contribution is 2.26. The van der Waals surface area contributed by atoms with Gasteiger partial charge in [0, 0.05) is 0 Å². The summed E-state index contributed by atoms with van der Waals surface area (Å²) in [5, 5.41) is 9.87. The molecule has 90 valence electrons. The molecule has 1 aromatic rings. The molecular weight excluding hydrogens is 212 g/mol. The Morgan fingerprint density at radius 2 is 1.94 bits per heavy atom. The number of terminal acetylenes is 1. The Bertz CT molecular complexity index is 380. The third kappa shape index (κ3) is 3.09. The smallest absolute Gasteiger partial charge is 0.143 e. The predicted octanol–water partition coefficient (Wildman–Crippen LogP) is 2.68. The molecule has 17 heavy (non-hydrogen) atoms. The van der Waals surface area contributed by atoms with E-state index in [1.807, 2.05) is 30.3 Å². The van der Waals surface area contributed by atoms with Crippen LogP contribution in [0.2, 0.25) is 0 Å². The largest absolute Gasteiger partial charge is 0.390 e. The molecule has 0 saturated heterocycles. The van der Waals surface area contributed by atoms with Gasteiger partial charge in [0.05, 0.1) is 12.2 Å². The Balaban J connectivity index is 2.03. The third-order valence-electron chi connectivity index (χ3n) is 3.23. The molecule has 1 aliphatic carbocycles. The summed E-state index contributed by atoms with van der Waals surface area (Å²) < 4.78 is 5.85. The van der Waals surface area contributed by atoms with Gasteiger partial charge in [-0.05, 0) is 18.4 Å². The second kappa shape index (κ2) is 5.86. The molecule has 1 N–H and O–H groups in total. The molecule has 2 rings (SSSR count). The van der Waals surface area contributed by atoms with Crippen LogP contribution in [0.1, 0.15) is 37.4 Å². The van der Waals surface area contributed by atoms with Gasteiger partial charge >= 0.3 is 0 Å². The maximum atomic E-state index is 9.87. The highest BCUT2D eigenvalue weighted by molar-refractivity contribution is 5.23. The normalized spacial score (nSPS) is 26.1. The number of hydrogen-bond donors (Lipinski definition) is 1. The van der Waals surface area contributed by atoms with E-state index in [1.54, 1.807) is 0 Å². The lowest BCUT2D eigenvalue weighted by molar-refractivity contribution is -0.0784. The standard InChI is InChI=1S/C15H18O2/c1-2-14(12-8-4-3-5-9-12)17-15-11-7-6-10-13(15)16/h1,3-5,8-9,13-16H,6-7,10-11H2/t13-,14-,15+/m1/s1. The van der Waals surface area contributed by atoms with E-state index in [9.17, 15) is 5.11 Å².